The van der Waals surface area contributed by atoms with Gasteiger partial charge in [0.1, 0.15) is 5.75 Å². The van der Waals surface area contributed by atoms with Crippen molar-refractivity contribution >= 4 is 5.96 Å². The Balaban J connectivity index is 2.25. The van der Waals surface area contributed by atoms with Crippen LogP contribution in [0.4, 0.5) is 0 Å². The Morgan fingerprint density at radius 3 is 2.48 bits per heavy atom. The van der Waals surface area contributed by atoms with Gasteiger partial charge in [-0.3, -0.25) is 4.99 Å². The van der Waals surface area contributed by atoms with Crippen molar-refractivity contribution in [2.45, 2.75) is 39.5 Å². The van der Waals surface area contributed by atoms with E-state index in [4.69, 9.17) is 14.2 Å². The first-order chi connectivity index (χ1) is 13.3. The van der Waals surface area contributed by atoms with Crippen LogP contribution in [0.5, 0.6) is 5.75 Å². The molecule has 2 N–H and O–H groups in total. The van der Waals surface area contributed by atoms with E-state index in [0.717, 1.165) is 63.6 Å². The van der Waals surface area contributed by atoms with E-state index in [-0.39, 0.29) is 0 Å². The molecule has 0 heterocycles. The average molecular weight is 380 g/mol. The second-order valence-electron chi connectivity index (χ2n) is 6.24. The highest BCUT2D eigenvalue weighted by Crippen LogP contribution is 2.12. The molecule has 1 aromatic rings. The molecule has 0 unspecified atom stereocenters. The molecule has 1 aromatic carbocycles. The van der Waals surface area contributed by atoms with Crippen LogP contribution in [-0.2, 0) is 15.9 Å². The molecule has 0 fully saturated rings. The summed E-state index contributed by atoms with van der Waals surface area (Å²) in [7, 11) is 1.68. The second kappa shape index (κ2) is 16.4. The summed E-state index contributed by atoms with van der Waals surface area (Å²) >= 11 is 0. The maximum atomic E-state index is 5.70. The van der Waals surface area contributed by atoms with E-state index in [1.54, 1.807) is 7.11 Å². The Hall–Kier alpha value is -1.79. The van der Waals surface area contributed by atoms with Crippen molar-refractivity contribution in [1.82, 2.24) is 10.6 Å². The Morgan fingerprint density at radius 1 is 0.963 bits per heavy atom. The highest BCUT2D eigenvalue weighted by atomic mass is 16.5. The highest BCUT2D eigenvalue weighted by Gasteiger charge is 1.99. The summed E-state index contributed by atoms with van der Waals surface area (Å²) in [6, 6.07) is 8.36. The van der Waals surface area contributed by atoms with Gasteiger partial charge in [0.15, 0.2) is 5.96 Å². The van der Waals surface area contributed by atoms with E-state index in [9.17, 15) is 0 Å². The van der Waals surface area contributed by atoms with Crippen LogP contribution in [-0.4, -0.2) is 59.1 Å². The van der Waals surface area contributed by atoms with Gasteiger partial charge in [-0.25, -0.2) is 0 Å². The average Bonchev–Trinajstić information content (AvgIpc) is 2.68. The zero-order valence-electron chi connectivity index (χ0n) is 17.3. The third-order valence-electron chi connectivity index (χ3n) is 3.89. The van der Waals surface area contributed by atoms with Crippen molar-refractivity contribution in [3.8, 4) is 5.75 Å². The monoisotopic (exact) mass is 379 g/mol. The predicted octanol–water partition coefficient (Wildman–Crippen LogP) is 3.02. The molecule has 1 rings (SSSR count). The quantitative estimate of drug-likeness (QED) is 0.279. The smallest absolute Gasteiger partial charge is 0.191 e. The predicted molar refractivity (Wildman–Crippen MR) is 112 cm³/mol. The van der Waals surface area contributed by atoms with Crippen LogP contribution in [0.25, 0.3) is 0 Å². The van der Waals surface area contributed by atoms with E-state index in [0.29, 0.717) is 19.8 Å². The molecule has 0 bridgehead atoms. The summed E-state index contributed by atoms with van der Waals surface area (Å²) in [5.74, 6) is 1.80. The molecular formula is C21H37N3O3. The molecule has 0 aliphatic heterocycles. The summed E-state index contributed by atoms with van der Waals surface area (Å²) in [5.41, 5.74) is 1.28. The molecule has 0 amide bonds. The van der Waals surface area contributed by atoms with Crippen LogP contribution in [0.1, 0.15) is 38.7 Å². The molecule has 0 saturated carbocycles. The number of benzene rings is 1. The summed E-state index contributed by atoms with van der Waals surface area (Å²) in [6.07, 6.45) is 4.09. The van der Waals surface area contributed by atoms with Gasteiger partial charge >= 0.3 is 0 Å². The molecule has 0 saturated heterocycles. The minimum absolute atomic E-state index is 0.638. The largest absolute Gasteiger partial charge is 0.494 e. The zero-order chi connectivity index (χ0) is 19.6. The van der Waals surface area contributed by atoms with Gasteiger partial charge in [0.25, 0.3) is 0 Å². The number of nitrogens with one attached hydrogen (secondary N) is 2. The van der Waals surface area contributed by atoms with Gasteiger partial charge in [-0.1, -0.05) is 25.5 Å². The van der Waals surface area contributed by atoms with Crippen LogP contribution >= 0.6 is 0 Å². The molecule has 0 aliphatic rings. The molecule has 154 valence electrons. The normalized spacial score (nSPS) is 11.4. The number of guanidine groups is 1. The van der Waals surface area contributed by atoms with Gasteiger partial charge < -0.3 is 24.8 Å². The lowest BCUT2D eigenvalue weighted by molar-refractivity contribution is 0.0702. The van der Waals surface area contributed by atoms with Crippen molar-refractivity contribution in [1.29, 1.82) is 0 Å². The lowest BCUT2D eigenvalue weighted by atomic mass is 10.1. The van der Waals surface area contributed by atoms with E-state index >= 15 is 0 Å². The van der Waals surface area contributed by atoms with Crippen LogP contribution in [0, 0.1) is 0 Å². The molecule has 0 spiro atoms. The topological polar surface area (TPSA) is 64.1 Å². The first kappa shape index (κ1) is 23.2. The Morgan fingerprint density at radius 2 is 1.78 bits per heavy atom. The fraction of sp³-hybridized carbons (Fsp3) is 0.667. The molecule has 6 heteroatoms. The van der Waals surface area contributed by atoms with E-state index in [1.807, 2.05) is 12.1 Å². The number of hydrogen-bond donors (Lipinski definition) is 2. The van der Waals surface area contributed by atoms with Gasteiger partial charge in [0.2, 0.25) is 0 Å². The fourth-order valence-electron chi connectivity index (χ4n) is 2.36. The van der Waals surface area contributed by atoms with Crippen LogP contribution < -0.4 is 15.4 Å². The number of ether oxygens (including phenoxy) is 3. The fourth-order valence-corrected chi connectivity index (χ4v) is 2.36. The number of methoxy groups -OCH3 is 1. The van der Waals surface area contributed by atoms with E-state index < -0.39 is 0 Å². The van der Waals surface area contributed by atoms with Crippen LogP contribution in [0.15, 0.2) is 29.3 Å². The van der Waals surface area contributed by atoms with Crippen LogP contribution in [0.3, 0.4) is 0 Å². The Kier molecular flexibility index (Phi) is 14.1. The van der Waals surface area contributed by atoms with Gasteiger partial charge in [-0.05, 0) is 43.9 Å². The lowest BCUT2D eigenvalue weighted by Crippen LogP contribution is -2.38. The summed E-state index contributed by atoms with van der Waals surface area (Å²) in [4.78, 5) is 4.58. The van der Waals surface area contributed by atoms with Gasteiger partial charge in [0.05, 0.1) is 19.8 Å². The summed E-state index contributed by atoms with van der Waals surface area (Å²) in [6.45, 7) is 9.44. The Labute approximate surface area is 164 Å². The van der Waals surface area contributed by atoms with E-state index in [2.05, 4.69) is 41.6 Å². The third kappa shape index (κ3) is 12.3. The standard InChI is InChI=1S/C21H37N3O3/c1-4-6-16-27-20-10-8-19(9-11-20)12-14-24-21(22-5-2)23-13-7-15-26-18-17-25-3/h8-11H,4-7,12-18H2,1-3H3,(H2,22,23,24). The van der Waals surface area contributed by atoms with Crippen molar-refractivity contribution in [3.05, 3.63) is 29.8 Å². The number of nitrogens with zero attached hydrogens (tertiary/aromatic N) is 1. The van der Waals surface area contributed by atoms with Crippen LogP contribution in [0.2, 0.25) is 0 Å². The molecule has 0 atom stereocenters. The minimum atomic E-state index is 0.638. The van der Waals surface area contributed by atoms with Gasteiger partial charge in [-0.2, -0.15) is 0 Å². The lowest BCUT2D eigenvalue weighted by Gasteiger charge is -2.12. The maximum Gasteiger partial charge on any atom is 0.191 e. The van der Waals surface area contributed by atoms with Gasteiger partial charge in [0, 0.05) is 33.4 Å². The summed E-state index contributed by atoms with van der Waals surface area (Å²) < 4.78 is 16.1. The number of rotatable bonds is 15. The summed E-state index contributed by atoms with van der Waals surface area (Å²) in [5, 5.41) is 6.66. The molecule has 0 radical (unpaired) electrons. The SMILES string of the molecule is CCCCOc1ccc(CCNC(=NCCCOCCOC)NCC)cc1. The molecule has 0 aliphatic carbocycles. The van der Waals surface area contributed by atoms with Crippen molar-refractivity contribution in [3.63, 3.8) is 0 Å². The first-order valence-electron chi connectivity index (χ1n) is 10.1. The minimum Gasteiger partial charge on any atom is -0.494 e. The number of unbranched alkanes of at least 4 members (excludes halogenated alkanes) is 1. The molecule has 6 nitrogen and oxygen atoms in total. The van der Waals surface area contributed by atoms with E-state index in [1.165, 1.54) is 5.56 Å². The maximum absolute atomic E-state index is 5.70. The van der Waals surface area contributed by atoms with Gasteiger partial charge in [-0.15, -0.1) is 0 Å². The molecular weight excluding hydrogens is 342 g/mol. The number of aliphatic imine (C=N–C) groups is 1. The van der Waals surface area contributed by atoms with Crippen molar-refractivity contribution < 1.29 is 14.2 Å². The first-order valence-corrected chi connectivity index (χ1v) is 10.1. The molecule has 27 heavy (non-hydrogen) atoms. The highest BCUT2D eigenvalue weighted by molar-refractivity contribution is 5.79. The zero-order valence-corrected chi connectivity index (χ0v) is 17.3. The molecule has 0 aromatic heterocycles. The van der Waals surface area contributed by atoms with Crippen molar-refractivity contribution in [2.24, 2.45) is 4.99 Å². The van der Waals surface area contributed by atoms with Crippen molar-refractivity contribution in [2.75, 3.05) is 53.2 Å². The Bertz CT molecular complexity index is 492. The number of hydrogen-bond acceptors (Lipinski definition) is 4. The second-order valence-corrected chi connectivity index (χ2v) is 6.24. The third-order valence-corrected chi connectivity index (χ3v) is 3.89.